The summed E-state index contributed by atoms with van der Waals surface area (Å²) in [4.78, 5) is 10.6. The number of nitrogen functional groups attached to an aromatic ring is 1. The van der Waals surface area contributed by atoms with Gasteiger partial charge in [-0.25, -0.2) is 9.37 Å². The number of nitrogens with zero attached hydrogens (tertiary/aromatic N) is 3. The summed E-state index contributed by atoms with van der Waals surface area (Å²) in [5.41, 5.74) is 7.38. The first kappa shape index (κ1) is 14.8. The lowest BCUT2D eigenvalue weighted by molar-refractivity contribution is 0.627. The number of benzene rings is 1. The van der Waals surface area contributed by atoms with Crippen LogP contribution in [0.2, 0.25) is 5.02 Å². The van der Waals surface area contributed by atoms with Crippen molar-refractivity contribution < 1.29 is 4.39 Å². The maximum Gasteiger partial charge on any atom is 0.225 e. The van der Waals surface area contributed by atoms with Gasteiger partial charge in [-0.2, -0.15) is 4.98 Å². The number of hydrogen-bond acceptors (Lipinski definition) is 5. The van der Waals surface area contributed by atoms with Gasteiger partial charge in [0.1, 0.15) is 11.6 Å². The van der Waals surface area contributed by atoms with E-state index in [9.17, 15) is 4.39 Å². The third kappa shape index (κ3) is 3.22. The highest BCUT2D eigenvalue weighted by atomic mass is 35.5. The summed E-state index contributed by atoms with van der Waals surface area (Å²) in [6.07, 6.45) is 0.918. The molecule has 0 radical (unpaired) electrons. The van der Waals surface area contributed by atoms with Crippen molar-refractivity contribution in [1.82, 2.24) is 9.97 Å². The molecule has 1 aliphatic rings. The number of aryl methyl sites for hydroxylation is 1. The standard InChI is InChI=1S/C15H17ClFN5/c1-9-6-14(18)21-15(19-9)20-10-4-5-22(8-10)11-2-3-12(16)13(17)7-11/h2-3,6-7,10H,4-5,8H2,1H3,(H3,18,19,20,21). The minimum atomic E-state index is -0.398. The lowest BCUT2D eigenvalue weighted by atomic mass is 10.2. The van der Waals surface area contributed by atoms with E-state index in [1.807, 2.05) is 13.0 Å². The predicted octanol–water partition coefficient (Wildman–Crippen LogP) is 2.85. The quantitative estimate of drug-likeness (QED) is 0.910. The maximum absolute atomic E-state index is 13.6. The maximum atomic E-state index is 13.6. The fraction of sp³-hybridized carbons (Fsp3) is 0.333. The van der Waals surface area contributed by atoms with Crippen LogP contribution in [-0.2, 0) is 0 Å². The summed E-state index contributed by atoms with van der Waals surface area (Å²) in [5.74, 6) is 0.585. The molecule has 22 heavy (non-hydrogen) atoms. The summed E-state index contributed by atoms with van der Waals surface area (Å²) < 4.78 is 13.6. The van der Waals surface area contributed by atoms with Crippen LogP contribution in [0.15, 0.2) is 24.3 Å². The van der Waals surface area contributed by atoms with Crippen LogP contribution in [0.4, 0.5) is 21.8 Å². The average molecular weight is 322 g/mol. The lowest BCUT2D eigenvalue weighted by Crippen LogP contribution is -2.27. The molecule has 2 aromatic rings. The molecule has 5 nitrogen and oxygen atoms in total. The molecular formula is C15H17ClFN5. The second-order valence-corrected chi connectivity index (χ2v) is 5.84. The van der Waals surface area contributed by atoms with Crippen LogP contribution in [0.3, 0.4) is 0 Å². The highest BCUT2D eigenvalue weighted by Gasteiger charge is 2.24. The number of hydrogen-bond donors (Lipinski definition) is 2. The zero-order chi connectivity index (χ0) is 15.7. The number of halogens is 2. The van der Waals surface area contributed by atoms with Crippen molar-refractivity contribution in [2.24, 2.45) is 0 Å². The molecule has 1 saturated heterocycles. The third-order valence-corrected chi connectivity index (χ3v) is 3.97. The number of nitrogens with one attached hydrogen (secondary N) is 1. The van der Waals surface area contributed by atoms with Gasteiger partial charge in [0.05, 0.1) is 5.02 Å². The second kappa shape index (κ2) is 5.96. The van der Waals surface area contributed by atoms with E-state index in [0.29, 0.717) is 11.8 Å². The summed E-state index contributed by atoms with van der Waals surface area (Å²) in [7, 11) is 0. The van der Waals surface area contributed by atoms with Gasteiger partial charge >= 0.3 is 0 Å². The molecule has 3 rings (SSSR count). The monoisotopic (exact) mass is 321 g/mol. The van der Waals surface area contributed by atoms with E-state index in [2.05, 4.69) is 20.2 Å². The van der Waals surface area contributed by atoms with Crippen molar-refractivity contribution >= 4 is 29.1 Å². The minimum absolute atomic E-state index is 0.140. The predicted molar refractivity (Wildman–Crippen MR) is 86.8 cm³/mol. The van der Waals surface area contributed by atoms with Crippen molar-refractivity contribution in [3.8, 4) is 0 Å². The van der Waals surface area contributed by atoms with Gasteiger partial charge in [-0.05, 0) is 31.5 Å². The molecule has 0 amide bonds. The van der Waals surface area contributed by atoms with Gasteiger partial charge in [-0.15, -0.1) is 0 Å². The van der Waals surface area contributed by atoms with Gasteiger partial charge in [0.25, 0.3) is 0 Å². The van der Waals surface area contributed by atoms with Crippen LogP contribution < -0.4 is 16.0 Å². The van der Waals surface area contributed by atoms with E-state index in [1.165, 1.54) is 6.07 Å². The van der Waals surface area contributed by atoms with E-state index in [0.717, 1.165) is 30.9 Å². The van der Waals surface area contributed by atoms with Crippen LogP contribution in [0.25, 0.3) is 0 Å². The molecule has 1 atom stereocenters. The topological polar surface area (TPSA) is 67.1 Å². The van der Waals surface area contributed by atoms with Crippen molar-refractivity contribution in [3.63, 3.8) is 0 Å². The van der Waals surface area contributed by atoms with Crippen LogP contribution >= 0.6 is 11.6 Å². The van der Waals surface area contributed by atoms with Gasteiger partial charge in [0.15, 0.2) is 0 Å². The Morgan fingerprint density at radius 3 is 2.91 bits per heavy atom. The first-order valence-electron chi connectivity index (χ1n) is 7.09. The Hall–Kier alpha value is -2.08. The minimum Gasteiger partial charge on any atom is -0.384 e. The molecule has 0 spiro atoms. The Kier molecular flexibility index (Phi) is 4.02. The van der Waals surface area contributed by atoms with Crippen molar-refractivity contribution in [2.75, 3.05) is 29.0 Å². The first-order valence-corrected chi connectivity index (χ1v) is 7.47. The number of aromatic nitrogens is 2. The van der Waals surface area contributed by atoms with Crippen LogP contribution in [0.1, 0.15) is 12.1 Å². The average Bonchev–Trinajstić information content (AvgIpc) is 2.89. The Balaban J connectivity index is 1.68. The second-order valence-electron chi connectivity index (χ2n) is 5.43. The molecule has 0 bridgehead atoms. The molecular weight excluding hydrogens is 305 g/mol. The van der Waals surface area contributed by atoms with Crippen LogP contribution in [0.5, 0.6) is 0 Å². The zero-order valence-corrected chi connectivity index (χ0v) is 12.9. The largest absolute Gasteiger partial charge is 0.384 e. The molecule has 1 aromatic carbocycles. The van der Waals surface area contributed by atoms with Crippen molar-refractivity contribution in [3.05, 3.63) is 40.8 Å². The third-order valence-electron chi connectivity index (χ3n) is 3.66. The normalized spacial score (nSPS) is 17.8. The summed E-state index contributed by atoms with van der Waals surface area (Å²) in [6, 6.07) is 6.79. The Morgan fingerprint density at radius 2 is 2.18 bits per heavy atom. The van der Waals surface area contributed by atoms with E-state index < -0.39 is 5.82 Å². The molecule has 0 aliphatic carbocycles. The van der Waals surface area contributed by atoms with E-state index in [4.69, 9.17) is 17.3 Å². The van der Waals surface area contributed by atoms with Gasteiger partial charge in [0, 0.05) is 36.6 Å². The Morgan fingerprint density at radius 1 is 1.36 bits per heavy atom. The SMILES string of the molecule is Cc1cc(N)nc(NC2CCN(c3ccc(Cl)c(F)c3)C2)n1. The molecule has 0 saturated carbocycles. The lowest BCUT2D eigenvalue weighted by Gasteiger charge is -2.19. The molecule has 116 valence electrons. The molecule has 3 N–H and O–H groups in total. The van der Waals surface area contributed by atoms with Gasteiger partial charge < -0.3 is 16.0 Å². The molecule has 1 fully saturated rings. The van der Waals surface area contributed by atoms with E-state index in [1.54, 1.807) is 12.1 Å². The smallest absolute Gasteiger partial charge is 0.225 e. The van der Waals surface area contributed by atoms with Crippen molar-refractivity contribution in [2.45, 2.75) is 19.4 Å². The van der Waals surface area contributed by atoms with Gasteiger partial charge in [-0.1, -0.05) is 11.6 Å². The summed E-state index contributed by atoms with van der Waals surface area (Å²) in [5, 5.41) is 3.42. The molecule has 7 heteroatoms. The highest BCUT2D eigenvalue weighted by Crippen LogP contribution is 2.25. The zero-order valence-electron chi connectivity index (χ0n) is 12.2. The Bertz CT molecular complexity index is 673. The summed E-state index contributed by atoms with van der Waals surface area (Å²) in [6.45, 7) is 3.46. The van der Waals surface area contributed by atoms with E-state index in [-0.39, 0.29) is 11.1 Å². The number of anilines is 3. The summed E-state index contributed by atoms with van der Waals surface area (Å²) >= 11 is 5.72. The number of rotatable bonds is 3. The fourth-order valence-electron chi connectivity index (χ4n) is 2.63. The molecule has 1 aromatic heterocycles. The Labute approximate surface area is 133 Å². The van der Waals surface area contributed by atoms with Crippen LogP contribution in [0, 0.1) is 12.7 Å². The molecule has 1 aliphatic heterocycles. The first-order chi connectivity index (χ1) is 10.5. The fourth-order valence-corrected chi connectivity index (χ4v) is 2.75. The highest BCUT2D eigenvalue weighted by molar-refractivity contribution is 6.30. The van der Waals surface area contributed by atoms with Crippen LogP contribution in [-0.4, -0.2) is 29.1 Å². The van der Waals surface area contributed by atoms with E-state index >= 15 is 0 Å². The van der Waals surface area contributed by atoms with Gasteiger partial charge in [0.2, 0.25) is 5.95 Å². The molecule has 1 unspecified atom stereocenters. The van der Waals surface area contributed by atoms with Gasteiger partial charge in [-0.3, -0.25) is 0 Å². The van der Waals surface area contributed by atoms with Crippen molar-refractivity contribution in [1.29, 1.82) is 0 Å². The number of nitrogens with two attached hydrogens (primary N) is 1. The molecule has 2 heterocycles.